The average molecular weight is 261 g/mol. The number of H-pyrrole nitrogens is 1. The van der Waals surface area contributed by atoms with Crippen molar-refractivity contribution >= 4 is 5.95 Å². The Morgan fingerprint density at radius 1 is 1.11 bits per heavy atom. The van der Waals surface area contributed by atoms with Crippen LogP contribution in [0.3, 0.4) is 0 Å². The summed E-state index contributed by atoms with van der Waals surface area (Å²) in [7, 11) is 0. The molecule has 19 heavy (non-hydrogen) atoms. The fraction of sp³-hybridized carbons (Fsp3) is 0.857. The molecule has 5 N–H and O–H groups in total. The summed E-state index contributed by atoms with van der Waals surface area (Å²) in [5.41, 5.74) is 11.7. The van der Waals surface area contributed by atoms with Gasteiger partial charge in [0.2, 0.25) is 5.95 Å². The number of nitrogen functional groups attached to an aromatic ring is 1. The molecular weight excluding hydrogens is 238 g/mol. The molecule has 104 valence electrons. The Balaban J connectivity index is 1.63. The van der Waals surface area contributed by atoms with Crippen LogP contribution < -0.4 is 11.5 Å². The molecule has 0 aromatic carbocycles. The lowest BCUT2D eigenvalue weighted by atomic mass is 9.49. The van der Waals surface area contributed by atoms with Gasteiger partial charge in [-0.1, -0.05) is 0 Å². The number of hydrogen-bond acceptors (Lipinski definition) is 4. The smallest absolute Gasteiger partial charge is 0.239 e. The summed E-state index contributed by atoms with van der Waals surface area (Å²) in [6.07, 6.45) is 7.15. The van der Waals surface area contributed by atoms with E-state index < -0.39 is 0 Å². The molecule has 4 fully saturated rings. The number of rotatable bonds is 3. The summed E-state index contributed by atoms with van der Waals surface area (Å²) in [5.74, 6) is 5.99. The first kappa shape index (κ1) is 11.7. The third kappa shape index (κ3) is 1.78. The summed E-state index contributed by atoms with van der Waals surface area (Å²) in [5, 5.41) is 6.98. The largest absolute Gasteiger partial charge is 0.367 e. The third-order valence-electron chi connectivity index (χ3n) is 5.89. The molecule has 0 saturated heterocycles. The lowest BCUT2D eigenvalue weighted by Gasteiger charge is -2.56. The van der Waals surface area contributed by atoms with Crippen LogP contribution in [0.5, 0.6) is 0 Å². The van der Waals surface area contributed by atoms with Gasteiger partial charge in [-0.05, 0) is 61.7 Å². The zero-order valence-electron chi connectivity index (χ0n) is 11.3. The van der Waals surface area contributed by atoms with E-state index in [0.717, 1.165) is 29.5 Å². The summed E-state index contributed by atoms with van der Waals surface area (Å²) < 4.78 is 0. The molecule has 4 aliphatic carbocycles. The van der Waals surface area contributed by atoms with Gasteiger partial charge in [-0.25, -0.2) is 0 Å². The van der Waals surface area contributed by atoms with Crippen LogP contribution in [0.1, 0.15) is 43.8 Å². The van der Waals surface area contributed by atoms with E-state index in [-0.39, 0.29) is 0 Å². The third-order valence-corrected chi connectivity index (χ3v) is 5.89. The van der Waals surface area contributed by atoms with Crippen molar-refractivity contribution in [3.8, 4) is 0 Å². The second-order valence-electron chi connectivity index (χ2n) is 6.93. The molecule has 4 aliphatic rings. The van der Waals surface area contributed by atoms with E-state index in [1.807, 2.05) is 0 Å². The second kappa shape index (κ2) is 4.20. The molecular formula is C14H23N5. The Morgan fingerprint density at radius 3 is 2.21 bits per heavy atom. The maximum Gasteiger partial charge on any atom is 0.239 e. The second-order valence-corrected chi connectivity index (χ2v) is 6.93. The van der Waals surface area contributed by atoms with E-state index in [4.69, 9.17) is 11.5 Å². The highest BCUT2D eigenvalue weighted by Gasteiger charge is 2.50. The molecule has 1 atom stereocenters. The molecule has 5 nitrogen and oxygen atoms in total. The van der Waals surface area contributed by atoms with Crippen LogP contribution in [0.4, 0.5) is 5.95 Å². The standard InChI is InChI=1S/C14H23N5/c15-6-11(13-17-14(16)19-18-13)12-9-2-7-1-8(4-9)5-10(12)3-7/h7-12H,1-6,15H2,(H3,16,17,18,19). The van der Waals surface area contributed by atoms with Gasteiger partial charge in [-0.3, -0.25) is 5.10 Å². The van der Waals surface area contributed by atoms with Crippen molar-refractivity contribution in [2.24, 2.45) is 35.3 Å². The Labute approximate surface area is 113 Å². The Morgan fingerprint density at radius 2 is 1.74 bits per heavy atom. The number of anilines is 1. The molecule has 5 rings (SSSR count). The molecule has 0 radical (unpaired) electrons. The normalized spacial score (nSPS) is 41.6. The van der Waals surface area contributed by atoms with Crippen LogP contribution in [-0.4, -0.2) is 21.7 Å². The number of aromatic nitrogens is 3. The van der Waals surface area contributed by atoms with Crippen LogP contribution in [-0.2, 0) is 0 Å². The number of nitrogens with two attached hydrogens (primary N) is 2. The summed E-state index contributed by atoms with van der Waals surface area (Å²) >= 11 is 0. The van der Waals surface area contributed by atoms with Crippen molar-refractivity contribution in [2.75, 3.05) is 12.3 Å². The molecule has 4 saturated carbocycles. The molecule has 5 heteroatoms. The number of hydrogen-bond donors (Lipinski definition) is 3. The Bertz CT molecular complexity index is 440. The van der Waals surface area contributed by atoms with Gasteiger partial charge in [0.05, 0.1) is 0 Å². The van der Waals surface area contributed by atoms with Gasteiger partial charge in [-0.2, -0.15) is 4.98 Å². The van der Waals surface area contributed by atoms with Crippen LogP contribution >= 0.6 is 0 Å². The van der Waals surface area contributed by atoms with Crippen LogP contribution in [0, 0.1) is 29.6 Å². The first-order valence-electron chi connectivity index (χ1n) is 7.62. The van der Waals surface area contributed by atoms with Gasteiger partial charge in [0.25, 0.3) is 0 Å². The number of nitrogens with one attached hydrogen (secondary N) is 1. The topological polar surface area (TPSA) is 93.6 Å². The molecule has 4 bridgehead atoms. The lowest BCUT2D eigenvalue weighted by Crippen LogP contribution is -2.48. The minimum Gasteiger partial charge on any atom is -0.367 e. The first-order chi connectivity index (χ1) is 9.24. The quantitative estimate of drug-likeness (QED) is 0.768. The van der Waals surface area contributed by atoms with Crippen LogP contribution in [0.15, 0.2) is 0 Å². The summed E-state index contributed by atoms with van der Waals surface area (Å²) in [6.45, 7) is 0.654. The Kier molecular flexibility index (Phi) is 2.59. The predicted octanol–water partition coefficient (Wildman–Crippen LogP) is 1.50. The highest BCUT2D eigenvalue weighted by molar-refractivity contribution is 5.17. The van der Waals surface area contributed by atoms with E-state index in [1.165, 1.54) is 32.1 Å². The zero-order chi connectivity index (χ0) is 13.0. The highest BCUT2D eigenvalue weighted by atomic mass is 15.3. The monoisotopic (exact) mass is 261 g/mol. The van der Waals surface area contributed by atoms with E-state index in [2.05, 4.69) is 15.2 Å². The van der Waals surface area contributed by atoms with Crippen molar-refractivity contribution in [1.82, 2.24) is 15.2 Å². The first-order valence-corrected chi connectivity index (χ1v) is 7.62. The van der Waals surface area contributed by atoms with Gasteiger partial charge < -0.3 is 11.5 Å². The van der Waals surface area contributed by atoms with Crippen molar-refractivity contribution < 1.29 is 0 Å². The van der Waals surface area contributed by atoms with Gasteiger partial charge in [0.15, 0.2) is 0 Å². The molecule has 0 aliphatic heterocycles. The fourth-order valence-electron chi connectivity index (χ4n) is 5.53. The van der Waals surface area contributed by atoms with E-state index >= 15 is 0 Å². The van der Waals surface area contributed by atoms with E-state index in [0.29, 0.717) is 24.3 Å². The SMILES string of the molecule is NCC(c1nc(N)n[nH]1)C1C2CC3CC(C2)CC1C3. The van der Waals surface area contributed by atoms with Gasteiger partial charge in [-0.15, -0.1) is 5.10 Å². The number of nitrogens with zero attached hydrogens (tertiary/aromatic N) is 2. The predicted molar refractivity (Wildman–Crippen MR) is 73.1 cm³/mol. The summed E-state index contributed by atoms with van der Waals surface area (Å²) in [4.78, 5) is 4.35. The minimum absolute atomic E-state index is 0.319. The van der Waals surface area contributed by atoms with Crippen molar-refractivity contribution in [1.29, 1.82) is 0 Å². The average Bonchev–Trinajstić information content (AvgIpc) is 2.79. The van der Waals surface area contributed by atoms with E-state index in [9.17, 15) is 0 Å². The lowest BCUT2D eigenvalue weighted by molar-refractivity contribution is -0.0477. The van der Waals surface area contributed by atoms with E-state index in [1.54, 1.807) is 0 Å². The minimum atomic E-state index is 0.319. The van der Waals surface area contributed by atoms with Crippen LogP contribution in [0.25, 0.3) is 0 Å². The van der Waals surface area contributed by atoms with Gasteiger partial charge in [0.1, 0.15) is 5.82 Å². The maximum atomic E-state index is 6.07. The summed E-state index contributed by atoms with van der Waals surface area (Å²) in [6, 6.07) is 0. The molecule has 1 aromatic rings. The van der Waals surface area contributed by atoms with Crippen molar-refractivity contribution in [2.45, 2.75) is 38.0 Å². The number of aromatic amines is 1. The van der Waals surface area contributed by atoms with Crippen molar-refractivity contribution in [3.63, 3.8) is 0 Å². The maximum absolute atomic E-state index is 6.07. The van der Waals surface area contributed by atoms with Gasteiger partial charge >= 0.3 is 0 Å². The molecule has 1 unspecified atom stereocenters. The highest BCUT2D eigenvalue weighted by Crippen LogP contribution is 2.59. The molecule has 1 heterocycles. The van der Waals surface area contributed by atoms with Crippen molar-refractivity contribution in [3.05, 3.63) is 5.82 Å². The molecule has 1 aromatic heterocycles. The fourth-order valence-corrected chi connectivity index (χ4v) is 5.53. The zero-order valence-corrected chi connectivity index (χ0v) is 11.3. The molecule has 0 amide bonds. The van der Waals surface area contributed by atoms with Crippen LogP contribution in [0.2, 0.25) is 0 Å². The van der Waals surface area contributed by atoms with Gasteiger partial charge in [0, 0.05) is 12.5 Å². The Hall–Kier alpha value is -1.10. The molecule has 0 spiro atoms.